The first-order chi connectivity index (χ1) is 14.4. The van der Waals surface area contributed by atoms with Crippen LogP contribution in [0.3, 0.4) is 0 Å². The Balaban J connectivity index is 1.36. The summed E-state index contributed by atoms with van der Waals surface area (Å²) in [5.41, 5.74) is 0.203. The average molecular weight is 483 g/mol. The van der Waals surface area contributed by atoms with Gasteiger partial charge in [0.1, 0.15) is 5.82 Å². The van der Waals surface area contributed by atoms with Crippen molar-refractivity contribution in [2.45, 2.75) is 25.7 Å². The van der Waals surface area contributed by atoms with Crippen molar-refractivity contribution in [3.63, 3.8) is 0 Å². The molecule has 2 aliphatic rings. The fourth-order valence-corrected chi connectivity index (χ4v) is 4.22. The van der Waals surface area contributed by atoms with Crippen LogP contribution in [0.1, 0.15) is 36.0 Å². The summed E-state index contributed by atoms with van der Waals surface area (Å²) in [4.78, 5) is 42.8. The minimum Gasteiger partial charge on any atom is -0.351 e. The van der Waals surface area contributed by atoms with E-state index in [0.717, 1.165) is 32.0 Å². The normalized spacial score (nSPS) is 17.7. The lowest BCUT2D eigenvalue weighted by Gasteiger charge is -2.36. The monoisotopic (exact) mass is 482 g/mol. The van der Waals surface area contributed by atoms with Crippen LogP contribution < -0.4 is 5.32 Å². The molecule has 7 nitrogen and oxygen atoms in total. The lowest BCUT2D eigenvalue weighted by atomic mass is 10.1. The molecule has 2 fully saturated rings. The average Bonchev–Trinajstić information content (AvgIpc) is 2.76. The number of rotatable bonds is 6. The summed E-state index contributed by atoms with van der Waals surface area (Å²) in [6.45, 7) is 4.83. The molecule has 0 radical (unpaired) electrons. The highest BCUT2D eigenvalue weighted by atomic mass is 79.9. The first-order valence-electron chi connectivity index (χ1n) is 10.4. The second-order valence-electron chi connectivity index (χ2n) is 7.73. The molecule has 3 amide bonds. The molecular formula is C21H28BrFN4O3. The first-order valence-corrected chi connectivity index (χ1v) is 11.2. The summed E-state index contributed by atoms with van der Waals surface area (Å²) in [6, 6.07) is 3.90. The van der Waals surface area contributed by atoms with Crippen molar-refractivity contribution < 1.29 is 18.8 Å². The van der Waals surface area contributed by atoms with Crippen molar-refractivity contribution in [2.24, 2.45) is 0 Å². The van der Waals surface area contributed by atoms with Gasteiger partial charge in [-0.3, -0.25) is 19.3 Å². The molecule has 0 aromatic heterocycles. The smallest absolute Gasteiger partial charge is 0.252 e. The molecule has 0 bridgehead atoms. The summed E-state index contributed by atoms with van der Waals surface area (Å²) >= 11 is 3.23. The highest BCUT2D eigenvalue weighted by Gasteiger charge is 2.24. The van der Waals surface area contributed by atoms with Crippen LogP contribution in [0, 0.1) is 5.82 Å². The van der Waals surface area contributed by atoms with Gasteiger partial charge >= 0.3 is 0 Å². The number of likely N-dealkylation sites (tertiary alicyclic amines) is 1. The van der Waals surface area contributed by atoms with Crippen molar-refractivity contribution in [1.82, 2.24) is 20.0 Å². The summed E-state index contributed by atoms with van der Waals surface area (Å²) in [5.74, 6) is -0.761. The lowest BCUT2D eigenvalue weighted by molar-refractivity contribution is -0.135. The molecule has 0 unspecified atom stereocenters. The Bertz CT molecular complexity index is 778. The van der Waals surface area contributed by atoms with Crippen LogP contribution in [0.25, 0.3) is 0 Å². The predicted molar refractivity (Wildman–Crippen MR) is 115 cm³/mol. The maximum atomic E-state index is 13.3. The fourth-order valence-electron chi connectivity index (χ4n) is 3.80. The van der Waals surface area contributed by atoms with Crippen LogP contribution in [-0.4, -0.2) is 84.8 Å². The van der Waals surface area contributed by atoms with Gasteiger partial charge in [0.15, 0.2) is 0 Å². The molecule has 164 valence electrons. The van der Waals surface area contributed by atoms with E-state index >= 15 is 0 Å². The maximum Gasteiger partial charge on any atom is 0.252 e. The highest BCUT2D eigenvalue weighted by molar-refractivity contribution is 9.10. The van der Waals surface area contributed by atoms with Crippen LogP contribution in [0.2, 0.25) is 0 Å². The van der Waals surface area contributed by atoms with E-state index in [1.165, 1.54) is 18.6 Å². The van der Waals surface area contributed by atoms with E-state index in [4.69, 9.17) is 0 Å². The molecule has 0 saturated carbocycles. The van der Waals surface area contributed by atoms with Gasteiger partial charge in [0, 0.05) is 56.7 Å². The van der Waals surface area contributed by atoms with Crippen LogP contribution in [0.4, 0.5) is 4.39 Å². The zero-order valence-electron chi connectivity index (χ0n) is 17.0. The first kappa shape index (κ1) is 22.7. The molecule has 1 aromatic carbocycles. The minimum atomic E-state index is -0.490. The third-order valence-electron chi connectivity index (χ3n) is 5.59. The third-order valence-corrected chi connectivity index (χ3v) is 6.28. The number of hydrogen-bond donors (Lipinski definition) is 1. The standard InChI is InChI=1S/C21H28BrFN4O3/c22-18-5-4-16(23)14-17(18)21(30)24-7-6-19(28)27-12-10-25(11-13-27)15-20(29)26-8-2-1-3-9-26/h4-5,14H,1-3,6-13,15H2,(H,24,30). The quantitative estimate of drug-likeness (QED) is 0.671. The zero-order chi connectivity index (χ0) is 21.5. The van der Waals surface area contributed by atoms with Gasteiger partial charge in [0.25, 0.3) is 5.91 Å². The number of benzene rings is 1. The van der Waals surface area contributed by atoms with E-state index in [0.29, 0.717) is 37.2 Å². The Morgan fingerprint density at radius 3 is 2.30 bits per heavy atom. The Kier molecular flexibility index (Phi) is 8.21. The highest BCUT2D eigenvalue weighted by Crippen LogP contribution is 2.17. The molecule has 2 aliphatic heterocycles. The van der Waals surface area contributed by atoms with Crippen LogP contribution in [0.5, 0.6) is 0 Å². The van der Waals surface area contributed by atoms with Gasteiger partial charge < -0.3 is 15.1 Å². The number of nitrogens with one attached hydrogen (secondary N) is 1. The molecule has 3 rings (SSSR count). The van der Waals surface area contributed by atoms with Crippen LogP contribution >= 0.6 is 15.9 Å². The second kappa shape index (κ2) is 10.9. The van der Waals surface area contributed by atoms with E-state index in [9.17, 15) is 18.8 Å². The summed E-state index contributed by atoms with van der Waals surface area (Å²) in [7, 11) is 0. The van der Waals surface area contributed by atoms with E-state index in [-0.39, 0.29) is 30.3 Å². The minimum absolute atomic E-state index is 0.0318. The molecule has 0 aliphatic carbocycles. The Morgan fingerprint density at radius 1 is 0.933 bits per heavy atom. The van der Waals surface area contributed by atoms with E-state index < -0.39 is 11.7 Å². The van der Waals surface area contributed by atoms with Crippen molar-refractivity contribution >= 4 is 33.7 Å². The molecule has 2 heterocycles. The topological polar surface area (TPSA) is 73.0 Å². The van der Waals surface area contributed by atoms with E-state index in [2.05, 4.69) is 26.1 Å². The van der Waals surface area contributed by atoms with Crippen molar-refractivity contribution in [3.8, 4) is 0 Å². The number of nitrogens with zero attached hydrogens (tertiary/aromatic N) is 3. The summed E-state index contributed by atoms with van der Waals surface area (Å²) in [6.07, 6.45) is 3.55. The Hall–Kier alpha value is -2.00. The molecule has 0 atom stereocenters. The predicted octanol–water partition coefficient (Wildman–Crippen LogP) is 1.86. The number of carbonyl (C=O) groups is 3. The van der Waals surface area contributed by atoms with Gasteiger partial charge in [0.2, 0.25) is 11.8 Å². The van der Waals surface area contributed by atoms with Crippen LogP contribution in [-0.2, 0) is 9.59 Å². The van der Waals surface area contributed by atoms with Crippen molar-refractivity contribution in [2.75, 3.05) is 52.4 Å². The number of piperidine rings is 1. The van der Waals surface area contributed by atoms with Gasteiger partial charge in [-0.1, -0.05) is 0 Å². The number of halogens is 2. The Morgan fingerprint density at radius 2 is 1.60 bits per heavy atom. The SMILES string of the molecule is O=C(NCCC(=O)N1CCN(CC(=O)N2CCCCC2)CC1)c1cc(F)ccc1Br. The van der Waals surface area contributed by atoms with Crippen LogP contribution in [0.15, 0.2) is 22.7 Å². The third kappa shape index (κ3) is 6.25. The number of hydrogen-bond acceptors (Lipinski definition) is 4. The molecule has 1 N–H and O–H groups in total. The van der Waals surface area contributed by atoms with Crippen molar-refractivity contribution in [1.29, 1.82) is 0 Å². The van der Waals surface area contributed by atoms with Gasteiger partial charge in [-0.05, 0) is 53.4 Å². The largest absolute Gasteiger partial charge is 0.351 e. The summed E-state index contributed by atoms with van der Waals surface area (Å²) in [5, 5.41) is 2.66. The molecule has 9 heteroatoms. The van der Waals surface area contributed by atoms with Gasteiger partial charge in [-0.15, -0.1) is 0 Å². The maximum absolute atomic E-state index is 13.3. The second-order valence-corrected chi connectivity index (χ2v) is 8.58. The molecule has 0 spiro atoms. The van der Waals surface area contributed by atoms with Crippen molar-refractivity contribution in [3.05, 3.63) is 34.1 Å². The van der Waals surface area contributed by atoms with E-state index in [1.54, 1.807) is 4.90 Å². The number of amides is 3. The molecular weight excluding hydrogens is 455 g/mol. The molecule has 30 heavy (non-hydrogen) atoms. The summed E-state index contributed by atoms with van der Waals surface area (Å²) < 4.78 is 13.8. The van der Waals surface area contributed by atoms with Gasteiger partial charge in [-0.2, -0.15) is 0 Å². The zero-order valence-corrected chi connectivity index (χ0v) is 18.6. The van der Waals surface area contributed by atoms with Gasteiger partial charge in [0.05, 0.1) is 12.1 Å². The Labute approximate surface area is 184 Å². The fraction of sp³-hybridized carbons (Fsp3) is 0.571. The molecule has 2 saturated heterocycles. The number of carbonyl (C=O) groups excluding carboxylic acids is 3. The molecule has 1 aromatic rings. The van der Waals surface area contributed by atoms with Gasteiger partial charge in [-0.25, -0.2) is 4.39 Å². The van der Waals surface area contributed by atoms with E-state index in [1.807, 2.05) is 4.90 Å². The number of piperazine rings is 1. The lowest BCUT2D eigenvalue weighted by Crippen LogP contribution is -2.52.